The van der Waals surface area contributed by atoms with Crippen molar-refractivity contribution in [2.24, 2.45) is 0 Å². The second-order valence-electron chi connectivity index (χ2n) is 0. The zero-order valence-corrected chi connectivity index (χ0v) is 10.9. The molecule has 0 aliphatic heterocycles. The van der Waals surface area contributed by atoms with Crippen molar-refractivity contribution in [1.29, 1.82) is 0 Å². The molecule has 0 aromatic heterocycles. The molecule has 0 bridgehead atoms. The van der Waals surface area contributed by atoms with Crippen LogP contribution in [0.15, 0.2) is 0 Å². The van der Waals surface area contributed by atoms with Gasteiger partial charge in [-0.05, 0) is 0 Å². The molecular formula is AlCl4O4Zr. The van der Waals surface area contributed by atoms with Crippen LogP contribution in [0.5, 0.6) is 0 Å². The molecule has 59 valence electrons. The molecular weight excluding hydrogens is 324 g/mol. The molecule has 10 heteroatoms. The van der Waals surface area contributed by atoms with Crippen molar-refractivity contribution in [2.75, 3.05) is 0 Å². The molecule has 10 heavy (non-hydrogen) atoms. The van der Waals surface area contributed by atoms with Gasteiger partial charge in [0.1, 0.15) is 0 Å². The Labute approximate surface area is 109 Å². The zero-order valence-electron chi connectivity index (χ0n) is 4.22. The van der Waals surface area contributed by atoms with Gasteiger partial charge in [0, 0.05) is 17.4 Å². The molecule has 0 saturated carbocycles. The molecule has 0 rings (SSSR count). The molecule has 3 radical (unpaired) electrons. The van der Waals surface area contributed by atoms with Crippen LogP contribution in [0.2, 0.25) is 0 Å². The molecule has 0 unspecified atom stereocenters. The van der Waals surface area contributed by atoms with Crippen molar-refractivity contribution in [2.45, 2.75) is 0 Å². The maximum absolute atomic E-state index is 7.72. The Kier molecular flexibility index (Phi) is 834. The summed E-state index contributed by atoms with van der Waals surface area (Å²) in [6.07, 6.45) is 0. The van der Waals surface area contributed by atoms with Crippen molar-refractivity contribution in [3.8, 4) is 0 Å². The molecule has 0 aliphatic rings. The monoisotopic (exact) mass is 321 g/mol. The average Bonchev–Trinajstić information content (AvgIpc) is 2.03. The standard InChI is InChI=1S/Al.4ClO.Zr/c;4*1-2;/q;4*-1;+4. The molecule has 0 aliphatic carbocycles. The first-order valence-corrected chi connectivity index (χ1v) is 1.85. The molecule has 0 amide bonds. The quantitative estimate of drug-likeness (QED) is 0.465. The minimum Gasteiger partial charge on any atom is -0.769 e. The summed E-state index contributed by atoms with van der Waals surface area (Å²) >= 11 is 13.6. The van der Waals surface area contributed by atoms with Gasteiger partial charge < -0.3 is 18.6 Å². The van der Waals surface area contributed by atoms with Gasteiger partial charge in [-0.15, -0.1) is 0 Å². The van der Waals surface area contributed by atoms with E-state index in [2.05, 4.69) is 47.5 Å². The topological polar surface area (TPSA) is 92.2 Å². The summed E-state index contributed by atoms with van der Waals surface area (Å²) in [5.41, 5.74) is 0. The molecule has 0 N–H and O–H groups in total. The van der Waals surface area contributed by atoms with Crippen molar-refractivity contribution < 1.29 is 44.8 Å². The number of halogens is 4. The van der Waals surface area contributed by atoms with Crippen LogP contribution in [0.1, 0.15) is 0 Å². The third-order valence-electron chi connectivity index (χ3n) is 0. The fraction of sp³-hybridized carbons (Fsp3) is 0. The molecule has 4 nitrogen and oxygen atoms in total. The fourth-order valence-electron chi connectivity index (χ4n) is 0. The predicted octanol–water partition coefficient (Wildman–Crippen LogP) is -2.38. The zero-order chi connectivity index (χ0) is 8.00. The summed E-state index contributed by atoms with van der Waals surface area (Å²) in [6.45, 7) is 0. The molecule has 0 atom stereocenters. The second-order valence-corrected chi connectivity index (χ2v) is 0. The smallest absolute Gasteiger partial charge is 0.769 e. The Balaban J connectivity index is -0.00000000500. The van der Waals surface area contributed by atoms with Crippen LogP contribution in [0.3, 0.4) is 0 Å². The number of hydrogen-bond acceptors (Lipinski definition) is 4. The van der Waals surface area contributed by atoms with Gasteiger partial charge in [-0.25, -0.2) is 47.5 Å². The summed E-state index contributed by atoms with van der Waals surface area (Å²) in [4.78, 5) is 0. The second kappa shape index (κ2) is 212. The third-order valence-corrected chi connectivity index (χ3v) is 0. The summed E-state index contributed by atoms with van der Waals surface area (Å²) in [6, 6.07) is 0. The van der Waals surface area contributed by atoms with Crippen LogP contribution >= 0.6 is 47.5 Å². The normalized spacial score (nSPS) is 2.40. The van der Waals surface area contributed by atoms with E-state index < -0.39 is 0 Å². The van der Waals surface area contributed by atoms with E-state index in [1.165, 1.54) is 0 Å². The summed E-state index contributed by atoms with van der Waals surface area (Å²) in [5, 5.41) is 0. The van der Waals surface area contributed by atoms with Gasteiger partial charge in [-0.2, -0.15) is 0 Å². The van der Waals surface area contributed by atoms with Gasteiger partial charge in [0.2, 0.25) is 0 Å². The van der Waals surface area contributed by atoms with Crippen molar-refractivity contribution in [3.05, 3.63) is 0 Å². The predicted molar refractivity (Wildman–Crippen MR) is 29.2 cm³/mol. The molecule has 0 saturated heterocycles. The minimum absolute atomic E-state index is 0. The summed E-state index contributed by atoms with van der Waals surface area (Å²) in [5.74, 6) is 0. The Morgan fingerprint density at radius 3 is 0.500 bits per heavy atom. The average molecular weight is 324 g/mol. The van der Waals surface area contributed by atoms with E-state index >= 15 is 0 Å². The SMILES string of the molecule is [Al].[O-]Cl.[O-]Cl.[O-]Cl.[O-]Cl.[Zr+4]. The first-order valence-electron chi connectivity index (χ1n) is 0.617. The van der Waals surface area contributed by atoms with Gasteiger partial charge in [-0.1, -0.05) is 0 Å². The summed E-state index contributed by atoms with van der Waals surface area (Å²) < 4.78 is 30.9. The van der Waals surface area contributed by atoms with Gasteiger partial charge in [0.15, 0.2) is 0 Å². The van der Waals surface area contributed by atoms with E-state index in [-0.39, 0.29) is 43.6 Å². The number of hydrogen-bond donors (Lipinski definition) is 0. The molecule has 0 spiro atoms. The van der Waals surface area contributed by atoms with E-state index in [0.29, 0.717) is 0 Å². The van der Waals surface area contributed by atoms with Crippen LogP contribution in [0.4, 0.5) is 0 Å². The van der Waals surface area contributed by atoms with E-state index in [1.54, 1.807) is 0 Å². The third kappa shape index (κ3) is 158. The first-order chi connectivity index (χ1) is 4.00. The molecule has 0 aromatic carbocycles. The maximum Gasteiger partial charge on any atom is 4.00 e. The Hall–Kier alpha value is 2.42. The van der Waals surface area contributed by atoms with Crippen LogP contribution in [-0.4, -0.2) is 17.4 Å². The summed E-state index contributed by atoms with van der Waals surface area (Å²) in [7, 11) is 0. The van der Waals surface area contributed by atoms with E-state index in [0.717, 1.165) is 0 Å². The molecule has 0 fully saturated rings. The van der Waals surface area contributed by atoms with Crippen LogP contribution in [-0.2, 0) is 26.2 Å². The Morgan fingerprint density at radius 2 is 0.500 bits per heavy atom. The maximum atomic E-state index is 7.72. The van der Waals surface area contributed by atoms with Crippen molar-refractivity contribution in [1.82, 2.24) is 0 Å². The number of rotatable bonds is 0. The minimum atomic E-state index is 0. The molecule has 0 heterocycles. The van der Waals surface area contributed by atoms with E-state index in [9.17, 15) is 0 Å². The van der Waals surface area contributed by atoms with Gasteiger partial charge in [0.25, 0.3) is 0 Å². The van der Waals surface area contributed by atoms with Crippen LogP contribution in [0.25, 0.3) is 0 Å². The first kappa shape index (κ1) is 39.3. The molecule has 0 aromatic rings. The Morgan fingerprint density at radius 1 is 0.500 bits per heavy atom. The van der Waals surface area contributed by atoms with Gasteiger partial charge in [-0.3, -0.25) is 0 Å². The largest absolute Gasteiger partial charge is 4.00 e. The fourth-order valence-corrected chi connectivity index (χ4v) is 0. The van der Waals surface area contributed by atoms with Crippen molar-refractivity contribution >= 4 is 64.8 Å². The van der Waals surface area contributed by atoms with E-state index in [4.69, 9.17) is 18.6 Å². The van der Waals surface area contributed by atoms with Gasteiger partial charge in [0.05, 0.1) is 0 Å². The van der Waals surface area contributed by atoms with E-state index in [1.807, 2.05) is 0 Å². The van der Waals surface area contributed by atoms with Gasteiger partial charge >= 0.3 is 26.2 Å². The Bertz CT molecular complexity index is 17.2. The van der Waals surface area contributed by atoms with Crippen LogP contribution in [0, 0.1) is 0 Å². The van der Waals surface area contributed by atoms with Crippen molar-refractivity contribution in [3.63, 3.8) is 0 Å². The van der Waals surface area contributed by atoms with Crippen LogP contribution < -0.4 is 18.6 Å².